The number of piperazine rings is 1. The van der Waals surface area contributed by atoms with E-state index in [2.05, 4.69) is 33.1 Å². The number of nitrogens with zero attached hydrogens (tertiary/aromatic N) is 4. The average Bonchev–Trinajstić information content (AvgIpc) is 3.25. The van der Waals surface area contributed by atoms with Gasteiger partial charge in [0.15, 0.2) is 0 Å². The largest absolute Gasteiger partial charge is 0.495 e. The van der Waals surface area contributed by atoms with E-state index in [9.17, 15) is 9.90 Å². The molecule has 4 rings (SSSR count). The summed E-state index contributed by atoms with van der Waals surface area (Å²) in [6, 6.07) is 13.7. The lowest BCUT2D eigenvalue weighted by Gasteiger charge is -2.37. The fraction of sp³-hybridized carbons (Fsp3) is 0.448. The number of ether oxygens (including phenoxy) is 1. The van der Waals surface area contributed by atoms with E-state index in [0.717, 1.165) is 78.2 Å². The number of aromatic nitrogens is 2. The maximum atomic E-state index is 13.1. The Labute approximate surface area is 254 Å². The number of benzene rings is 2. The van der Waals surface area contributed by atoms with Crippen LogP contribution in [0.4, 0.5) is 5.69 Å². The van der Waals surface area contributed by atoms with E-state index in [1.807, 2.05) is 54.8 Å². The van der Waals surface area contributed by atoms with Gasteiger partial charge in [0.05, 0.1) is 24.6 Å². The lowest BCUT2D eigenvalue weighted by molar-refractivity contribution is 0.0847. The number of hydrogen-bond acceptors (Lipinski definition) is 6. The Kier molecular flexibility index (Phi) is 13.1. The van der Waals surface area contributed by atoms with Crippen LogP contribution in [0.2, 0.25) is 5.02 Å². The molecule has 40 heavy (non-hydrogen) atoms. The van der Waals surface area contributed by atoms with Gasteiger partial charge in [-0.05, 0) is 50.1 Å². The average molecular weight is 613 g/mol. The van der Waals surface area contributed by atoms with Crippen molar-refractivity contribution in [2.45, 2.75) is 39.7 Å². The monoisotopic (exact) mass is 611 g/mol. The smallest absolute Gasteiger partial charge is 0.271 e. The maximum absolute atomic E-state index is 13.1. The molecular formula is C29H40Cl3N5O3. The Hall–Kier alpha value is -2.49. The first-order chi connectivity index (χ1) is 18.3. The van der Waals surface area contributed by atoms with Crippen molar-refractivity contribution in [1.82, 2.24) is 19.8 Å². The van der Waals surface area contributed by atoms with Crippen LogP contribution in [-0.4, -0.2) is 77.9 Å². The summed E-state index contributed by atoms with van der Waals surface area (Å²) in [6.45, 7) is 10.1. The van der Waals surface area contributed by atoms with Crippen molar-refractivity contribution in [3.8, 4) is 11.4 Å². The van der Waals surface area contributed by atoms with Crippen molar-refractivity contribution < 1.29 is 14.6 Å². The minimum atomic E-state index is -0.676. The first-order valence-corrected chi connectivity index (χ1v) is 13.6. The Morgan fingerprint density at radius 1 is 1.07 bits per heavy atom. The Balaban J connectivity index is 0.00000280. The Bertz CT molecular complexity index is 1260. The second kappa shape index (κ2) is 15.5. The number of imidazole rings is 1. The molecule has 0 spiro atoms. The summed E-state index contributed by atoms with van der Waals surface area (Å²) in [5.74, 6) is 1.25. The number of β-amino-alcohol motifs (C(OH)–C–C–N with tert-alkyl or cyclic N) is 1. The lowest BCUT2D eigenvalue weighted by Crippen LogP contribution is -2.50. The van der Waals surface area contributed by atoms with E-state index in [1.165, 1.54) is 0 Å². The first kappa shape index (κ1) is 33.7. The number of nitrogens with one attached hydrogen (secondary N) is 1. The summed E-state index contributed by atoms with van der Waals surface area (Å²) in [4.78, 5) is 22.4. The predicted molar refractivity (Wildman–Crippen MR) is 167 cm³/mol. The molecule has 0 saturated carbocycles. The van der Waals surface area contributed by atoms with Crippen LogP contribution in [0, 0.1) is 13.8 Å². The minimum absolute atomic E-state index is 0. The van der Waals surface area contributed by atoms with Crippen molar-refractivity contribution in [3.63, 3.8) is 0 Å². The van der Waals surface area contributed by atoms with Gasteiger partial charge in [0.2, 0.25) is 0 Å². The molecule has 0 radical (unpaired) electrons. The third kappa shape index (κ3) is 7.62. The molecular weight excluding hydrogens is 573 g/mol. The van der Waals surface area contributed by atoms with Gasteiger partial charge in [0, 0.05) is 56.4 Å². The molecule has 0 aliphatic carbocycles. The molecule has 3 aromatic rings. The number of rotatable bonds is 10. The van der Waals surface area contributed by atoms with E-state index < -0.39 is 6.10 Å². The van der Waals surface area contributed by atoms with Crippen molar-refractivity contribution in [1.29, 1.82) is 0 Å². The van der Waals surface area contributed by atoms with Gasteiger partial charge in [-0.2, -0.15) is 0 Å². The number of hydrogen-bond donors (Lipinski definition) is 2. The summed E-state index contributed by atoms with van der Waals surface area (Å²) < 4.78 is 7.55. The number of aryl methyl sites for hydroxylation is 1. The van der Waals surface area contributed by atoms with Crippen LogP contribution in [0.5, 0.6) is 5.75 Å². The summed E-state index contributed by atoms with van der Waals surface area (Å²) in [5.41, 5.74) is 4.23. The van der Waals surface area contributed by atoms with Crippen LogP contribution in [0.3, 0.4) is 0 Å². The van der Waals surface area contributed by atoms with Gasteiger partial charge in [-0.1, -0.05) is 36.7 Å². The van der Waals surface area contributed by atoms with E-state index >= 15 is 0 Å². The van der Waals surface area contributed by atoms with E-state index in [-0.39, 0.29) is 37.3 Å². The molecule has 220 valence electrons. The third-order valence-corrected chi connectivity index (χ3v) is 7.52. The number of para-hydroxylation sites is 2. The fourth-order valence-electron chi connectivity index (χ4n) is 5.07. The van der Waals surface area contributed by atoms with Crippen LogP contribution < -0.4 is 15.0 Å². The molecule has 8 nitrogen and oxygen atoms in total. The SMILES string of the molecule is CCCc1nc(C(=O)NCC(O)CN2CCN(c3cccc(Cl)c3C)CC2)c(C)n1-c1ccccc1OC.Cl.Cl. The molecule has 2 heterocycles. The highest BCUT2D eigenvalue weighted by molar-refractivity contribution is 6.31. The minimum Gasteiger partial charge on any atom is -0.495 e. The second-order valence-electron chi connectivity index (χ2n) is 9.75. The highest BCUT2D eigenvalue weighted by Gasteiger charge is 2.24. The number of aliphatic hydroxyl groups excluding tert-OH is 1. The number of halogens is 3. The van der Waals surface area contributed by atoms with E-state index in [1.54, 1.807) is 7.11 Å². The molecule has 1 aliphatic heterocycles. The highest BCUT2D eigenvalue weighted by Crippen LogP contribution is 2.28. The van der Waals surface area contributed by atoms with Crippen molar-refractivity contribution in [3.05, 3.63) is 70.3 Å². The molecule has 11 heteroatoms. The zero-order chi connectivity index (χ0) is 27.2. The summed E-state index contributed by atoms with van der Waals surface area (Å²) in [5, 5.41) is 14.4. The van der Waals surface area contributed by atoms with Crippen LogP contribution in [0.1, 0.15) is 40.9 Å². The maximum Gasteiger partial charge on any atom is 0.271 e. The molecule has 2 aromatic carbocycles. The number of carbonyl (C=O) groups is 1. The van der Waals surface area contributed by atoms with Gasteiger partial charge in [0.25, 0.3) is 5.91 Å². The topological polar surface area (TPSA) is 82.9 Å². The van der Waals surface area contributed by atoms with Crippen LogP contribution >= 0.6 is 36.4 Å². The van der Waals surface area contributed by atoms with Crippen molar-refractivity contribution in [2.24, 2.45) is 0 Å². The van der Waals surface area contributed by atoms with Gasteiger partial charge < -0.3 is 20.1 Å². The highest BCUT2D eigenvalue weighted by atomic mass is 35.5. The standard InChI is InChI=1S/C29H38ClN5O3.2ClH/c1-5-9-27-32-28(21(3)35(27)25-11-6-7-13-26(25)38-4)29(37)31-18-22(36)19-33-14-16-34(17-15-33)24-12-8-10-23(30)20(24)2;;/h6-8,10-13,22,36H,5,9,14-19H2,1-4H3,(H,31,37);2*1H. The molecule has 2 N–H and O–H groups in total. The van der Waals surface area contributed by atoms with Crippen LogP contribution in [-0.2, 0) is 6.42 Å². The van der Waals surface area contributed by atoms with Crippen LogP contribution in [0.25, 0.3) is 5.69 Å². The molecule has 0 bridgehead atoms. The fourth-order valence-corrected chi connectivity index (χ4v) is 5.24. The number of anilines is 1. The molecule has 1 atom stereocenters. The third-order valence-electron chi connectivity index (χ3n) is 7.11. The summed E-state index contributed by atoms with van der Waals surface area (Å²) in [7, 11) is 1.64. The van der Waals surface area contributed by atoms with Gasteiger partial charge >= 0.3 is 0 Å². The van der Waals surface area contributed by atoms with Gasteiger partial charge in [0.1, 0.15) is 17.3 Å². The first-order valence-electron chi connectivity index (χ1n) is 13.2. The molecule has 1 aromatic heterocycles. The second-order valence-corrected chi connectivity index (χ2v) is 10.2. The van der Waals surface area contributed by atoms with Crippen LogP contribution in [0.15, 0.2) is 42.5 Å². The Morgan fingerprint density at radius 3 is 2.42 bits per heavy atom. The summed E-state index contributed by atoms with van der Waals surface area (Å²) >= 11 is 6.30. The van der Waals surface area contributed by atoms with Crippen molar-refractivity contribution in [2.75, 3.05) is 51.3 Å². The number of aliphatic hydroxyl groups is 1. The molecule has 1 aliphatic rings. The number of methoxy groups -OCH3 is 1. The quantitative estimate of drug-likeness (QED) is 0.340. The zero-order valence-electron chi connectivity index (χ0n) is 23.5. The number of amides is 1. The molecule has 1 fully saturated rings. The predicted octanol–water partition coefficient (Wildman–Crippen LogP) is 4.86. The Morgan fingerprint density at radius 2 is 1.75 bits per heavy atom. The molecule has 1 unspecified atom stereocenters. The zero-order valence-corrected chi connectivity index (χ0v) is 25.9. The van der Waals surface area contributed by atoms with E-state index in [4.69, 9.17) is 16.3 Å². The molecule has 1 amide bonds. The summed E-state index contributed by atoms with van der Waals surface area (Å²) in [6.07, 6.45) is 0.954. The van der Waals surface area contributed by atoms with Gasteiger partial charge in [-0.3, -0.25) is 14.3 Å². The number of carbonyl (C=O) groups excluding carboxylic acids is 1. The lowest BCUT2D eigenvalue weighted by atomic mass is 10.1. The van der Waals surface area contributed by atoms with Crippen molar-refractivity contribution >= 4 is 48.0 Å². The van der Waals surface area contributed by atoms with Gasteiger partial charge in [-0.15, -0.1) is 24.8 Å². The van der Waals surface area contributed by atoms with Gasteiger partial charge in [-0.25, -0.2) is 4.98 Å². The normalized spacial score (nSPS) is 14.2. The van der Waals surface area contributed by atoms with E-state index in [0.29, 0.717) is 12.2 Å². The molecule has 1 saturated heterocycles.